The topological polar surface area (TPSA) is 44.8 Å². The molecule has 0 aromatic heterocycles. The van der Waals surface area contributed by atoms with Crippen LogP contribution in [0.2, 0.25) is 0 Å². The summed E-state index contributed by atoms with van der Waals surface area (Å²) in [5.74, 6) is 1.39. The first-order chi connectivity index (χ1) is 13.1. The normalized spacial score (nSPS) is 13.2. The molecule has 0 aliphatic heterocycles. The van der Waals surface area contributed by atoms with Crippen molar-refractivity contribution >= 4 is 13.6 Å². The summed E-state index contributed by atoms with van der Waals surface area (Å²) in [5.41, 5.74) is 3.05. The maximum absolute atomic E-state index is 13.6. The van der Waals surface area contributed by atoms with Crippen molar-refractivity contribution in [3.05, 3.63) is 102 Å². The average molecular weight is 378 g/mol. The summed E-state index contributed by atoms with van der Waals surface area (Å²) in [5, 5.41) is 0. The molecule has 4 rings (SSSR count). The molecule has 3 aromatic carbocycles. The summed E-state index contributed by atoms with van der Waals surface area (Å²) in [7, 11) is -3.96. The minimum absolute atomic E-state index is 0.418. The zero-order valence-electron chi connectivity index (χ0n) is 14.9. The molecular formula is C22H19O4P. The fourth-order valence-corrected chi connectivity index (χ4v) is 4.36. The van der Waals surface area contributed by atoms with Crippen molar-refractivity contribution < 1.29 is 18.1 Å². The standard InChI is InChI=1S/C22H19O4P/c1-17-16-18-10-8-9-15-21(18)22(17)26-27(23,24-19-11-4-2-5-12-19)25-20-13-6-3-7-14-20/h2-15H,16H2,1H3. The first-order valence-electron chi connectivity index (χ1n) is 8.70. The van der Waals surface area contributed by atoms with E-state index < -0.39 is 7.82 Å². The van der Waals surface area contributed by atoms with Gasteiger partial charge in [-0.1, -0.05) is 60.7 Å². The maximum atomic E-state index is 13.6. The Labute approximate surface area is 158 Å². The summed E-state index contributed by atoms with van der Waals surface area (Å²) in [6.07, 6.45) is 0.752. The van der Waals surface area contributed by atoms with Crippen LogP contribution in [0.1, 0.15) is 18.1 Å². The number of phosphoric ester groups is 1. The Balaban J connectivity index is 1.68. The molecule has 0 fully saturated rings. The highest BCUT2D eigenvalue weighted by Gasteiger charge is 2.36. The van der Waals surface area contributed by atoms with Crippen LogP contribution in [0.3, 0.4) is 0 Å². The van der Waals surface area contributed by atoms with E-state index in [1.54, 1.807) is 48.5 Å². The smallest absolute Gasteiger partial charge is 0.386 e. The molecule has 0 heterocycles. The highest BCUT2D eigenvalue weighted by atomic mass is 31.2. The van der Waals surface area contributed by atoms with Crippen molar-refractivity contribution in [2.45, 2.75) is 13.3 Å². The summed E-state index contributed by atoms with van der Waals surface area (Å²) < 4.78 is 30.9. The lowest BCUT2D eigenvalue weighted by molar-refractivity contribution is 0.284. The van der Waals surface area contributed by atoms with Crippen LogP contribution in [0, 0.1) is 0 Å². The van der Waals surface area contributed by atoms with E-state index in [1.165, 1.54) is 0 Å². The molecule has 0 radical (unpaired) electrons. The highest BCUT2D eigenvalue weighted by Crippen LogP contribution is 2.54. The van der Waals surface area contributed by atoms with Gasteiger partial charge in [0.25, 0.3) is 0 Å². The molecule has 0 saturated heterocycles. The summed E-state index contributed by atoms with van der Waals surface area (Å²) in [6.45, 7) is 1.96. The number of hydrogen-bond acceptors (Lipinski definition) is 4. The van der Waals surface area contributed by atoms with Crippen LogP contribution in [-0.4, -0.2) is 0 Å². The zero-order valence-corrected chi connectivity index (χ0v) is 15.8. The second kappa shape index (κ2) is 7.34. The van der Waals surface area contributed by atoms with E-state index >= 15 is 0 Å². The number of hydrogen-bond donors (Lipinski definition) is 0. The van der Waals surface area contributed by atoms with Crippen LogP contribution < -0.4 is 9.05 Å². The largest absolute Gasteiger partial charge is 0.647 e. The fraction of sp³-hybridized carbons (Fsp3) is 0.0909. The van der Waals surface area contributed by atoms with Crippen LogP contribution in [0.5, 0.6) is 11.5 Å². The molecule has 0 amide bonds. The van der Waals surface area contributed by atoms with E-state index in [1.807, 2.05) is 43.3 Å². The lowest BCUT2D eigenvalue weighted by Gasteiger charge is -2.21. The van der Waals surface area contributed by atoms with Crippen molar-refractivity contribution in [3.63, 3.8) is 0 Å². The Bertz CT molecular complexity index is 967. The molecule has 0 atom stereocenters. The van der Waals surface area contributed by atoms with Gasteiger partial charge < -0.3 is 13.6 Å². The number of allylic oxidation sites excluding steroid dienone is 1. The van der Waals surface area contributed by atoms with Gasteiger partial charge in [-0.05, 0) is 48.7 Å². The molecule has 0 spiro atoms. The molecule has 0 bridgehead atoms. The molecule has 27 heavy (non-hydrogen) atoms. The molecule has 136 valence electrons. The van der Waals surface area contributed by atoms with Crippen LogP contribution in [0.15, 0.2) is 90.5 Å². The van der Waals surface area contributed by atoms with E-state index in [2.05, 4.69) is 0 Å². The first kappa shape index (κ1) is 17.4. The van der Waals surface area contributed by atoms with Crippen molar-refractivity contribution in [1.29, 1.82) is 0 Å². The minimum Gasteiger partial charge on any atom is -0.386 e. The second-order valence-electron chi connectivity index (χ2n) is 6.29. The van der Waals surface area contributed by atoms with Gasteiger partial charge in [-0.2, -0.15) is 4.57 Å². The lowest BCUT2D eigenvalue weighted by Crippen LogP contribution is -2.05. The third-order valence-electron chi connectivity index (χ3n) is 4.23. The van der Waals surface area contributed by atoms with Crippen LogP contribution in [0.25, 0.3) is 5.76 Å². The Hall–Kier alpha value is -2.97. The van der Waals surface area contributed by atoms with Crippen molar-refractivity contribution in [1.82, 2.24) is 0 Å². The molecular weight excluding hydrogens is 359 g/mol. The predicted molar refractivity (Wildman–Crippen MR) is 106 cm³/mol. The van der Waals surface area contributed by atoms with Gasteiger partial charge in [-0.3, -0.25) is 0 Å². The number of phosphoric acid groups is 1. The Morgan fingerprint density at radius 2 is 1.22 bits per heavy atom. The summed E-state index contributed by atoms with van der Waals surface area (Å²) in [4.78, 5) is 0. The number of benzene rings is 3. The third kappa shape index (κ3) is 3.91. The van der Waals surface area contributed by atoms with Gasteiger partial charge >= 0.3 is 7.82 Å². The number of fused-ring (bicyclic) bond motifs is 1. The van der Waals surface area contributed by atoms with Gasteiger partial charge in [0, 0.05) is 5.56 Å². The highest BCUT2D eigenvalue weighted by molar-refractivity contribution is 7.49. The van der Waals surface area contributed by atoms with Gasteiger partial charge in [0.05, 0.1) is 0 Å². The molecule has 3 aromatic rings. The summed E-state index contributed by atoms with van der Waals surface area (Å²) in [6, 6.07) is 25.7. The van der Waals surface area contributed by atoms with Gasteiger partial charge in [-0.15, -0.1) is 0 Å². The summed E-state index contributed by atoms with van der Waals surface area (Å²) >= 11 is 0. The van der Waals surface area contributed by atoms with E-state index in [0.29, 0.717) is 17.3 Å². The minimum atomic E-state index is -3.96. The maximum Gasteiger partial charge on any atom is 0.647 e. The van der Waals surface area contributed by atoms with Gasteiger partial charge in [0.1, 0.15) is 17.3 Å². The fourth-order valence-electron chi connectivity index (χ4n) is 3.01. The average Bonchev–Trinajstić information content (AvgIpc) is 2.98. The van der Waals surface area contributed by atoms with E-state index in [0.717, 1.165) is 23.1 Å². The first-order valence-corrected chi connectivity index (χ1v) is 10.2. The Morgan fingerprint density at radius 1 is 0.704 bits per heavy atom. The Morgan fingerprint density at radius 3 is 1.81 bits per heavy atom. The van der Waals surface area contributed by atoms with Crippen LogP contribution >= 0.6 is 7.82 Å². The molecule has 4 nitrogen and oxygen atoms in total. The predicted octanol–water partition coefficient (Wildman–Crippen LogP) is 6.26. The lowest BCUT2D eigenvalue weighted by atomic mass is 10.1. The van der Waals surface area contributed by atoms with Crippen molar-refractivity contribution in [2.24, 2.45) is 0 Å². The monoisotopic (exact) mass is 378 g/mol. The molecule has 5 heteroatoms. The van der Waals surface area contributed by atoms with Gasteiger partial charge in [-0.25, -0.2) is 0 Å². The van der Waals surface area contributed by atoms with E-state index in [-0.39, 0.29) is 0 Å². The second-order valence-corrected chi connectivity index (χ2v) is 7.73. The Kier molecular flexibility index (Phi) is 4.74. The van der Waals surface area contributed by atoms with E-state index in [4.69, 9.17) is 13.6 Å². The molecule has 0 unspecified atom stereocenters. The van der Waals surface area contributed by atoms with Crippen molar-refractivity contribution in [3.8, 4) is 11.5 Å². The molecule has 1 aliphatic rings. The van der Waals surface area contributed by atoms with Gasteiger partial charge in [0.15, 0.2) is 0 Å². The third-order valence-corrected chi connectivity index (χ3v) is 5.50. The van der Waals surface area contributed by atoms with Gasteiger partial charge in [0.2, 0.25) is 0 Å². The van der Waals surface area contributed by atoms with Crippen LogP contribution in [0.4, 0.5) is 0 Å². The molecule has 0 N–H and O–H groups in total. The number of rotatable bonds is 6. The zero-order chi connectivity index (χ0) is 18.7. The quantitative estimate of drug-likeness (QED) is 0.475. The molecule has 0 saturated carbocycles. The SMILES string of the molecule is CC1=C(OP(=O)(Oc2ccccc2)Oc2ccccc2)c2ccccc2C1. The number of para-hydroxylation sites is 2. The van der Waals surface area contributed by atoms with Crippen LogP contribution in [-0.2, 0) is 15.5 Å². The van der Waals surface area contributed by atoms with Crippen molar-refractivity contribution in [2.75, 3.05) is 0 Å². The van der Waals surface area contributed by atoms with E-state index in [9.17, 15) is 4.57 Å². The molecule has 1 aliphatic carbocycles.